The summed E-state index contributed by atoms with van der Waals surface area (Å²) in [6.45, 7) is 0. The highest BCUT2D eigenvalue weighted by molar-refractivity contribution is 7.89. The molecule has 1 aromatic heterocycles. The van der Waals surface area contributed by atoms with Gasteiger partial charge < -0.3 is 10.3 Å². The van der Waals surface area contributed by atoms with Crippen molar-refractivity contribution in [2.24, 2.45) is 0 Å². The van der Waals surface area contributed by atoms with Crippen LogP contribution in [0.15, 0.2) is 59.6 Å². The summed E-state index contributed by atoms with van der Waals surface area (Å²) in [5.74, 6) is -0.294. The summed E-state index contributed by atoms with van der Waals surface area (Å²) >= 11 is 0. The SMILES string of the molecule is CN(C)S(=O)(=O)c1ccc(C(=O)Nc2cccc3[nH]ccc23)cc1. The summed E-state index contributed by atoms with van der Waals surface area (Å²) in [6.07, 6.45) is 1.81. The predicted octanol–water partition coefficient (Wildman–Crippen LogP) is 2.67. The highest BCUT2D eigenvalue weighted by atomic mass is 32.2. The van der Waals surface area contributed by atoms with Gasteiger partial charge in [0.15, 0.2) is 0 Å². The third-order valence-electron chi connectivity index (χ3n) is 3.74. The molecule has 0 saturated heterocycles. The zero-order chi connectivity index (χ0) is 17.3. The van der Waals surface area contributed by atoms with Crippen molar-refractivity contribution in [1.82, 2.24) is 9.29 Å². The van der Waals surface area contributed by atoms with E-state index in [9.17, 15) is 13.2 Å². The van der Waals surface area contributed by atoms with Crippen molar-refractivity contribution in [3.05, 3.63) is 60.3 Å². The second kappa shape index (κ2) is 6.10. The average molecular weight is 343 g/mol. The Hall–Kier alpha value is -2.64. The van der Waals surface area contributed by atoms with E-state index in [-0.39, 0.29) is 10.8 Å². The zero-order valence-electron chi connectivity index (χ0n) is 13.3. The van der Waals surface area contributed by atoms with Gasteiger partial charge in [0.1, 0.15) is 0 Å². The van der Waals surface area contributed by atoms with E-state index in [1.165, 1.54) is 38.4 Å². The van der Waals surface area contributed by atoms with Crippen LogP contribution < -0.4 is 5.32 Å². The molecule has 1 amide bonds. The lowest BCUT2D eigenvalue weighted by molar-refractivity contribution is 0.102. The Labute approximate surface area is 140 Å². The second-order valence-corrected chi connectivity index (χ2v) is 7.66. The van der Waals surface area contributed by atoms with E-state index in [2.05, 4.69) is 10.3 Å². The van der Waals surface area contributed by atoms with E-state index in [1.54, 1.807) is 6.20 Å². The molecule has 0 aliphatic carbocycles. The molecular formula is C17H17N3O3S. The number of hydrogen-bond acceptors (Lipinski definition) is 3. The van der Waals surface area contributed by atoms with E-state index in [4.69, 9.17) is 0 Å². The zero-order valence-corrected chi connectivity index (χ0v) is 14.1. The smallest absolute Gasteiger partial charge is 0.255 e. The van der Waals surface area contributed by atoms with Gasteiger partial charge in [0.25, 0.3) is 5.91 Å². The fourth-order valence-electron chi connectivity index (χ4n) is 2.38. The number of aromatic nitrogens is 1. The van der Waals surface area contributed by atoms with Gasteiger partial charge in [-0.2, -0.15) is 0 Å². The molecule has 0 bridgehead atoms. The van der Waals surface area contributed by atoms with Crippen molar-refractivity contribution in [2.45, 2.75) is 4.90 Å². The van der Waals surface area contributed by atoms with Crippen molar-refractivity contribution in [1.29, 1.82) is 0 Å². The van der Waals surface area contributed by atoms with E-state index in [0.717, 1.165) is 15.2 Å². The number of amides is 1. The maximum Gasteiger partial charge on any atom is 0.255 e. The third kappa shape index (κ3) is 2.91. The number of anilines is 1. The molecule has 3 rings (SSSR count). The highest BCUT2D eigenvalue weighted by Crippen LogP contribution is 2.23. The topological polar surface area (TPSA) is 82.3 Å². The molecule has 0 saturated carbocycles. The first kappa shape index (κ1) is 16.2. The molecule has 124 valence electrons. The van der Waals surface area contributed by atoms with E-state index < -0.39 is 10.0 Å². The number of carbonyl (C=O) groups excluding carboxylic acids is 1. The number of carbonyl (C=O) groups is 1. The lowest BCUT2D eigenvalue weighted by Crippen LogP contribution is -2.22. The van der Waals surface area contributed by atoms with Gasteiger partial charge in [-0.25, -0.2) is 12.7 Å². The van der Waals surface area contributed by atoms with Crippen molar-refractivity contribution in [2.75, 3.05) is 19.4 Å². The first-order valence-corrected chi connectivity index (χ1v) is 8.73. The minimum Gasteiger partial charge on any atom is -0.361 e. The Kier molecular flexibility index (Phi) is 4.13. The van der Waals surface area contributed by atoms with Crippen LogP contribution >= 0.6 is 0 Å². The van der Waals surface area contributed by atoms with Crippen LogP contribution in [0.4, 0.5) is 5.69 Å². The van der Waals surface area contributed by atoms with Crippen LogP contribution in [0.2, 0.25) is 0 Å². The molecule has 24 heavy (non-hydrogen) atoms. The summed E-state index contributed by atoms with van der Waals surface area (Å²) < 4.78 is 25.2. The van der Waals surface area contributed by atoms with Gasteiger partial charge in [0.2, 0.25) is 10.0 Å². The van der Waals surface area contributed by atoms with Gasteiger partial charge in [-0.3, -0.25) is 4.79 Å². The Bertz CT molecular complexity index is 989. The van der Waals surface area contributed by atoms with Gasteiger partial charge in [-0.1, -0.05) is 6.07 Å². The van der Waals surface area contributed by atoms with Crippen LogP contribution in [0.25, 0.3) is 10.9 Å². The van der Waals surface area contributed by atoms with Gasteiger partial charge in [-0.05, 0) is 42.5 Å². The monoisotopic (exact) mass is 343 g/mol. The third-order valence-corrected chi connectivity index (χ3v) is 5.57. The quantitative estimate of drug-likeness (QED) is 0.764. The molecule has 0 aliphatic heterocycles. The molecule has 0 unspecified atom stereocenters. The van der Waals surface area contributed by atoms with Crippen LogP contribution in [-0.4, -0.2) is 37.7 Å². The molecule has 2 N–H and O–H groups in total. The molecule has 0 radical (unpaired) electrons. The molecule has 0 atom stereocenters. The minimum absolute atomic E-state index is 0.150. The van der Waals surface area contributed by atoms with Crippen LogP contribution in [0.5, 0.6) is 0 Å². The van der Waals surface area contributed by atoms with Crippen molar-refractivity contribution in [3.63, 3.8) is 0 Å². The molecule has 1 heterocycles. The summed E-state index contributed by atoms with van der Waals surface area (Å²) in [5, 5.41) is 3.76. The van der Waals surface area contributed by atoms with Gasteiger partial charge in [0.05, 0.1) is 10.6 Å². The lowest BCUT2D eigenvalue weighted by atomic mass is 10.2. The van der Waals surface area contributed by atoms with Crippen molar-refractivity contribution >= 4 is 32.5 Å². The summed E-state index contributed by atoms with van der Waals surface area (Å²) in [4.78, 5) is 15.6. The van der Waals surface area contributed by atoms with E-state index >= 15 is 0 Å². The molecule has 6 nitrogen and oxygen atoms in total. The number of nitrogens with one attached hydrogen (secondary N) is 2. The molecule has 0 spiro atoms. The van der Waals surface area contributed by atoms with Crippen molar-refractivity contribution in [3.8, 4) is 0 Å². The Morgan fingerprint density at radius 2 is 1.75 bits per heavy atom. The summed E-state index contributed by atoms with van der Waals surface area (Å²) in [7, 11) is -0.571. The molecular weight excluding hydrogens is 326 g/mol. The predicted molar refractivity (Wildman–Crippen MR) is 93.6 cm³/mol. The standard InChI is InChI=1S/C17H17N3O3S/c1-20(2)24(22,23)13-8-6-12(7-9-13)17(21)19-16-5-3-4-15-14(16)10-11-18-15/h3-11,18H,1-2H3,(H,19,21). The normalized spacial score (nSPS) is 11.8. The molecule has 2 aromatic carbocycles. The molecule has 0 aliphatic rings. The number of rotatable bonds is 4. The van der Waals surface area contributed by atoms with Crippen LogP contribution in [0.3, 0.4) is 0 Å². The minimum atomic E-state index is -3.50. The van der Waals surface area contributed by atoms with Gasteiger partial charge in [0, 0.05) is 36.8 Å². The first-order valence-electron chi connectivity index (χ1n) is 7.29. The number of sulfonamides is 1. The van der Waals surface area contributed by atoms with Crippen LogP contribution in [0, 0.1) is 0 Å². The fourth-order valence-corrected chi connectivity index (χ4v) is 3.28. The summed E-state index contributed by atoms with van der Waals surface area (Å²) in [5.41, 5.74) is 2.02. The maximum atomic E-state index is 12.4. The number of hydrogen-bond donors (Lipinski definition) is 2. The van der Waals surface area contributed by atoms with Gasteiger partial charge in [-0.15, -0.1) is 0 Å². The lowest BCUT2D eigenvalue weighted by Gasteiger charge is -2.12. The summed E-state index contributed by atoms with van der Waals surface area (Å²) in [6, 6.07) is 13.3. The number of H-pyrrole nitrogens is 1. The Morgan fingerprint density at radius 1 is 1.04 bits per heavy atom. The van der Waals surface area contributed by atoms with E-state index in [1.807, 2.05) is 24.3 Å². The van der Waals surface area contributed by atoms with E-state index in [0.29, 0.717) is 11.3 Å². The fraction of sp³-hybridized carbons (Fsp3) is 0.118. The van der Waals surface area contributed by atoms with Crippen molar-refractivity contribution < 1.29 is 13.2 Å². The number of aromatic amines is 1. The van der Waals surface area contributed by atoms with Crippen LogP contribution in [0.1, 0.15) is 10.4 Å². The Balaban J connectivity index is 1.85. The Morgan fingerprint density at radius 3 is 2.42 bits per heavy atom. The largest absolute Gasteiger partial charge is 0.361 e. The number of fused-ring (bicyclic) bond motifs is 1. The number of nitrogens with zero attached hydrogens (tertiary/aromatic N) is 1. The molecule has 7 heteroatoms. The average Bonchev–Trinajstić information content (AvgIpc) is 3.04. The number of benzene rings is 2. The molecule has 3 aromatic rings. The first-order chi connectivity index (χ1) is 11.4. The highest BCUT2D eigenvalue weighted by Gasteiger charge is 2.17. The second-order valence-electron chi connectivity index (χ2n) is 5.51. The molecule has 0 fully saturated rings. The van der Waals surface area contributed by atoms with Crippen LogP contribution in [-0.2, 0) is 10.0 Å². The van der Waals surface area contributed by atoms with Gasteiger partial charge >= 0.3 is 0 Å². The maximum absolute atomic E-state index is 12.4.